The summed E-state index contributed by atoms with van der Waals surface area (Å²) in [5, 5.41) is 0. The number of benzene rings is 2. The monoisotopic (exact) mass is 332 g/mol. The summed E-state index contributed by atoms with van der Waals surface area (Å²) in [6, 6.07) is 19.4. The van der Waals surface area contributed by atoms with Gasteiger partial charge in [-0.2, -0.15) is 0 Å². The lowest BCUT2D eigenvalue weighted by atomic mass is 9.96. The smallest absolute Gasteiger partial charge is 0.123 e. The maximum absolute atomic E-state index is 13.2. The number of fused-ring (bicyclic) bond motifs is 1. The van der Waals surface area contributed by atoms with Crippen molar-refractivity contribution in [2.45, 2.75) is 19.0 Å². The second-order valence-electron chi connectivity index (χ2n) is 6.63. The molecule has 0 radical (unpaired) electrons. The van der Waals surface area contributed by atoms with E-state index in [9.17, 15) is 4.39 Å². The Bertz CT molecular complexity index is 865. The second-order valence-corrected chi connectivity index (χ2v) is 6.63. The van der Waals surface area contributed by atoms with Crippen molar-refractivity contribution in [1.82, 2.24) is 9.88 Å². The van der Waals surface area contributed by atoms with Gasteiger partial charge in [0.1, 0.15) is 5.82 Å². The van der Waals surface area contributed by atoms with E-state index in [1.807, 2.05) is 24.3 Å². The molecular weight excluding hydrogens is 311 g/mol. The first-order valence-corrected chi connectivity index (χ1v) is 8.59. The van der Waals surface area contributed by atoms with Crippen molar-refractivity contribution in [3.05, 3.63) is 96.0 Å². The average molecular weight is 332 g/mol. The molecule has 0 fully saturated rings. The fourth-order valence-electron chi connectivity index (χ4n) is 3.59. The molecule has 1 unspecified atom stereocenters. The minimum Gasteiger partial charge on any atom is -0.358 e. The van der Waals surface area contributed by atoms with E-state index in [0.717, 1.165) is 30.9 Å². The Balaban J connectivity index is 1.61. The van der Waals surface area contributed by atoms with Crippen LogP contribution in [0.5, 0.6) is 0 Å². The Labute approximate surface area is 147 Å². The molecule has 3 aromatic rings. The standard InChI is InChI=1S/C22H21FN2/c1-2-17-14-25(13-16-6-4-3-5-7-16)15-19-12-21(24-22(17)19)18-8-10-20(23)11-9-18/h2-12,17,24H,1,13-15H2. The van der Waals surface area contributed by atoms with Crippen molar-refractivity contribution in [3.63, 3.8) is 0 Å². The zero-order valence-corrected chi connectivity index (χ0v) is 14.1. The Hall–Kier alpha value is -2.65. The first-order valence-electron chi connectivity index (χ1n) is 8.59. The molecule has 126 valence electrons. The highest BCUT2D eigenvalue weighted by atomic mass is 19.1. The average Bonchev–Trinajstić information content (AvgIpc) is 3.06. The van der Waals surface area contributed by atoms with Gasteiger partial charge in [-0.25, -0.2) is 4.39 Å². The van der Waals surface area contributed by atoms with Gasteiger partial charge >= 0.3 is 0 Å². The molecule has 1 aliphatic rings. The van der Waals surface area contributed by atoms with Crippen LogP contribution in [0.3, 0.4) is 0 Å². The van der Waals surface area contributed by atoms with E-state index in [1.54, 1.807) is 0 Å². The van der Waals surface area contributed by atoms with Gasteiger partial charge in [-0.05, 0) is 47.0 Å². The Morgan fingerprint density at radius 1 is 1.12 bits per heavy atom. The van der Waals surface area contributed by atoms with Crippen LogP contribution in [-0.4, -0.2) is 16.4 Å². The molecule has 0 saturated heterocycles. The predicted molar refractivity (Wildman–Crippen MR) is 99.7 cm³/mol. The van der Waals surface area contributed by atoms with Gasteiger partial charge in [0.25, 0.3) is 0 Å². The van der Waals surface area contributed by atoms with Gasteiger partial charge in [-0.3, -0.25) is 4.90 Å². The molecule has 1 atom stereocenters. The molecule has 0 aliphatic carbocycles. The number of hydrogen-bond acceptors (Lipinski definition) is 1. The van der Waals surface area contributed by atoms with Gasteiger partial charge in [-0.1, -0.05) is 36.4 Å². The summed E-state index contributed by atoms with van der Waals surface area (Å²) in [5.41, 5.74) is 5.90. The third kappa shape index (κ3) is 3.28. The van der Waals surface area contributed by atoms with Crippen LogP contribution in [0.25, 0.3) is 11.3 Å². The number of rotatable bonds is 4. The molecule has 2 heterocycles. The molecule has 1 aromatic heterocycles. The number of aromatic nitrogens is 1. The van der Waals surface area contributed by atoms with Crippen molar-refractivity contribution >= 4 is 0 Å². The third-order valence-corrected chi connectivity index (χ3v) is 4.84. The van der Waals surface area contributed by atoms with Gasteiger partial charge in [-0.15, -0.1) is 6.58 Å². The van der Waals surface area contributed by atoms with Crippen molar-refractivity contribution < 1.29 is 4.39 Å². The molecule has 2 nitrogen and oxygen atoms in total. The summed E-state index contributed by atoms with van der Waals surface area (Å²) < 4.78 is 13.2. The largest absolute Gasteiger partial charge is 0.358 e. The third-order valence-electron chi connectivity index (χ3n) is 4.84. The molecule has 0 saturated carbocycles. The fourth-order valence-corrected chi connectivity index (χ4v) is 3.59. The molecule has 1 N–H and O–H groups in total. The summed E-state index contributed by atoms with van der Waals surface area (Å²) in [7, 11) is 0. The van der Waals surface area contributed by atoms with E-state index in [-0.39, 0.29) is 11.7 Å². The predicted octanol–water partition coefficient (Wildman–Crippen LogP) is 5.11. The molecular formula is C22H21FN2. The summed E-state index contributed by atoms with van der Waals surface area (Å²) in [4.78, 5) is 5.99. The second kappa shape index (κ2) is 6.69. The van der Waals surface area contributed by atoms with Crippen LogP contribution in [0.2, 0.25) is 0 Å². The van der Waals surface area contributed by atoms with E-state index >= 15 is 0 Å². The molecule has 4 rings (SSSR count). The molecule has 2 aromatic carbocycles. The summed E-state index contributed by atoms with van der Waals surface area (Å²) in [5.74, 6) is 0.0692. The van der Waals surface area contributed by atoms with E-state index < -0.39 is 0 Å². The van der Waals surface area contributed by atoms with Gasteiger partial charge in [0.05, 0.1) is 0 Å². The van der Waals surface area contributed by atoms with E-state index in [4.69, 9.17) is 0 Å². The lowest BCUT2D eigenvalue weighted by Crippen LogP contribution is -2.32. The SMILES string of the molecule is C=CC1CN(Cc2ccccc2)Cc2cc(-c3ccc(F)cc3)[nH]c21. The number of nitrogens with one attached hydrogen (secondary N) is 1. The Kier molecular flexibility index (Phi) is 4.24. The minimum atomic E-state index is -0.210. The molecule has 0 spiro atoms. The number of H-pyrrole nitrogens is 1. The molecule has 0 amide bonds. The topological polar surface area (TPSA) is 19.0 Å². The van der Waals surface area contributed by atoms with Crippen molar-refractivity contribution in [3.8, 4) is 11.3 Å². The Morgan fingerprint density at radius 2 is 1.88 bits per heavy atom. The van der Waals surface area contributed by atoms with Crippen molar-refractivity contribution in [1.29, 1.82) is 0 Å². The normalized spacial score (nSPS) is 17.2. The van der Waals surface area contributed by atoms with Gasteiger partial charge in [0, 0.05) is 36.9 Å². The summed E-state index contributed by atoms with van der Waals surface area (Å²) in [6.07, 6.45) is 2.01. The zero-order chi connectivity index (χ0) is 17.2. The van der Waals surface area contributed by atoms with Crippen LogP contribution in [-0.2, 0) is 13.1 Å². The van der Waals surface area contributed by atoms with Crippen LogP contribution in [0, 0.1) is 5.82 Å². The highest BCUT2D eigenvalue weighted by Crippen LogP contribution is 2.33. The van der Waals surface area contributed by atoms with E-state index in [2.05, 4.69) is 46.8 Å². The summed E-state index contributed by atoms with van der Waals surface area (Å²) in [6.45, 7) is 6.82. The van der Waals surface area contributed by atoms with Gasteiger partial charge < -0.3 is 4.98 Å². The van der Waals surface area contributed by atoms with Crippen LogP contribution < -0.4 is 0 Å². The lowest BCUT2D eigenvalue weighted by Gasteiger charge is -2.31. The Morgan fingerprint density at radius 3 is 2.60 bits per heavy atom. The number of hydrogen-bond donors (Lipinski definition) is 1. The van der Waals surface area contributed by atoms with Gasteiger partial charge in [0.15, 0.2) is 0 Å². The van der Waals surface area contributed by atoms with E-state index in [0.29, 0.717) is 0 Å². The quantitative estimate of drug-likeness (QED) is 0.658. The van der Waals surface area contributed by atoms with Crippen molar-refractivity contribution in [2.75, 3.05) is 6.54 Å². The first-order chi connectivity index (χ1) is 12.2. The van der Waals surface area contributed by atoms with Crippen LogP contribution >= 0.6 is 0 Å². The molecule has 3 heteroatoms. The molecule has 0 bridgehead atoms. The maximum atomic E-state index is 13.2. The molecule has 1 aliphatic heterocycles. The lowest BCUT2D eigenvalue weighted by molar-refractivity contribution is 0.233. The van der Waals surface area contributed by atoms with Crippen LogP contribution in [0.4, 0.5) is 4.39 Å². The number of nitrogens with zero attached hydrogens (tertiary/aromatic N) is 1. The summed E-state index contributed by atoms with van der Waals surface area (Å²) >= 11 is 0. The fraction of sp³-hybridized carbons (Fsp3) is 0.182. The molecule has 25 heavy (non-hydrogen) atoms. The van der Waals surface area contributed by atoms with Crippen LogP contribution in [0.1, 0.15) is 22.7 Å². The number of halogens is 1. The zero-order valence-electron chi connectivity index (χ0n) is 14.1. The van der Waals surface area contributed by atoms with Crippen molar-refractivity contribution in [2.24, 2.45) is 0 Å². The highest BCUT2D eigenvalue weighted by Gasteiger charge is 2.25. The highest BCUT2D eigenvalue weighted by molar-refractivity contribution is 5.62. The number of aromatic amines is 1. The van der Waals surface area contributed by atoms with E-state index in [1.165, 1.54) is 29.0 Å². The van der Waals surface area contributed by atoms with Crippen LogP contribution in [0.15, 0.2) is 73.3 Å². The first kappa shape index (κ1) is 15.9. The maximum Gasteiger partial charge on any atom is 0.123 e. The van der Waals surface area contributed by atoms with Gasteiger partial charge in [0.2, 0.25) is 0 Å². The minimum absolute atomic E-state index is 0.210.